The Morgan fingerprint density at radius 2 is 2.27 bits per heavy atom. The molecule has 0 heterocycles. The molecule has 0 aliphatic rings. The molecule has 0 fully saturated rings. The second kappa shape index (κ2) is 5.46. The van der Waals surface area contributed by atoms with Crippen molar-refractivity contribution >= 4 is 5.78 Å². The SMILES string of the molecule is CNCCC(=O)c1ccc(OC)cc1F. The largest absolute Gasteiger partial charge is 0.497 e. The molecule has 1 aromatic rings. The van der Waals surface area contributed by atoms with Gasteiger partial charge in [0.15, 0.2) is 5.78 Å². The summed E-state index contributed by atoms with van der Waals surface area (Å²) in [7, 11) is 3.20. The number of rotatable bonds is 5. The van der Waals surface area contributed by atoms with Crippen LogP contribution >= 0.6 is 0 Å². The van der Waals surface area contributed by atoms with Crippen molar-refractivity contribution in [2.75, 3.05) is 20.7 Å². The predicted molar refractivity (Wildman–Crippen MR) is 55.8 cm³/mol. The van der Waals surface area contributed by atoms with Gasteiger partial charge in [-0.15, -0.1) is 0 Å². The maximum atomic E-state index is 13.4. The van der Waals surface area contributed by atoms with E-state index in [-0.39, 0.29) is 11.3 Å². The van der Waals surface area contributed by atoms with Crippen molar-refractivity contribution in [1.82, 2.24) is 5.32 Å². The van der Waals surface area contributed by atoms with E-state index in [2.05, 4.69) is 5.32 Å². The summed E-state index contributed by atoms with van der Waals surface area (Å²) in [6.07, 6.45) is 0.291. The van der Waals surface area contributed by atoms with Crippen LogP contribution in [0.15, 0.2) is 18.2 Å². The summed E-state index contributed by atoms with van der Waals surface area (Å²) in [5.41, 5.74) is 0.117. The van der Waals surface area contributed by atoms with Crippen molar-refractivity contribution in [2.24, 2.45) is 0 Å². The van der Waals surface area contributed by atoms with Crippen molar-refractivity contribution in [3.05, 3.63) is 29.6 Å². The number of hydrogen-bond acceptors (Lipinski definition) is 3. The summed E-state index contributed by atoms with van der Waals surface area (Å²) in [6.45, 7) is 0.546. The molecular weight excluding hydrogens is 197 g/mol. The molecule has 0 radical (unpaired) electrons. The normalized spacial score (nSPS) is 10.1. The van der Waals surface area contributed by atoms with E-state index in [9.17, 15) is 9.18 Å². The Morgan fingerprint density at radius 3 is 2.80 bits per heavy atom. The fraction of sp³-hybridized carbons (Fsp3) is 0.364. The zero-order chi connectivity index (χ0) is 11.3. The topological polar surface area (TPSA) is 38.3 Å². The minimum atomic E-state index is -0.532. The predicted octanol–water partition coefficient (Wildman–Crippen LogP) is 1.63. The molecule has 0 saturated heterocycles. The summed E-state index contributed by atoms with van der Waals surface area (Å²) < 4.78 is 18.2. The minimum Gasteiger partial charge on any atom is -0.497 e. The zero-order valence-corrected chi connectivity index (χ0v) is 8.84. The van der Waals surface area contributed by atoms with Gasteiger partial charge in [0.25, 0.3) is 0 Å². The molecule has 0 amide bonds. The number of ketones is 1. The molecule has 0 saturated carbocycles. The lowest BCUT2D eigenvalue weighted by Crippen LogP contribution is -2.13. The van der Waals surface area contributed by atoms with Crippen LogP contribution in [-0.2, 0) is 0 Å². The molecule has 1 rings (SSSR count). The first-order valence-electron chi connectivity index (χ1n) is 4.70. The van der Waals surface area contributed by atoms with Crippen LogP contribution in [0.25, 0.3) is 0 Å². The number of benzene rings is 1. The Kier molecular flexibility index (Phi) is 4.24. The van der Waals surface area contributed by atoms with Crippen molar-refractivity contribution in [3.63, 3.8) is 0 Å². The summed E-state index contributed by atoms with van der Waals surface area (Å²) >= 11 is 0. The number of ether oxygens (including phenoxy) is 1. The molecule has 0 aliphatic carbocycles. The highest BCUT2D eigenvalue weighted by atomic mass is 19.1. The lowest BCUT2D eigenvalue weighted by Gasteiger charge is -2.04. The Labute approximate surface area is 88.2 Å². The number of methoxy groups -OCH3 is 1. The molecule has 82 valence electrons. The van der Waals surface area contributed by atoms with E-state index < -0.39 is 5.82 Å². The van der Waals surface area contributed by atoms with Crippen molar-refractivity contribution in [3.8, 4) is 5.75 Å². The smallest absolute Gasteiger partial charge is 0.167 e. The first-order chi connectivity index (χ1) is 7.19. The molecule has 4 heteroatoms. The molecule has 1 aromatic carbocycles. The number of halogens is 1. The molecule has 0 unspecified atom stereocenters. The van der Waals surface area contributed by atoms with Gasteiger partial charge in [-0.25, -0.2) is 4.39 Å². The molecule has 3 nitrogen and oxygen atoms in total. The molecule has 0 aliphatic heterocycles. The van der Waals surface area contributed by atoms with Crippen LogP contribution in [0.3, 0.4) is 0 Å². The quantitative estimate of drug-likeness (QED) is 0.752. The van der Waals surface area contributed by atoms with Gasteiger partial charge >= 0.3 is 0 Å². The summed E-state index contributed by atoms with van der Waals surface area (Å²) in [5, 5.41) is 2.84. The number of nitrogens with one attached hydrogen (secondary N) is 1. The van der Waals surface area contributed by atoms with Gasteiger partial charge in [-0.2, -0.15) is 0 Å². The summed E-state index contributed by atoms with van der Waals surface area (Å²) in [6, 6.07) is 4.24. The van der Waals surface area contributed by atoms with Crippen LogP contribution in [0, 0.1) is 5.82 Å². The highest BCUT2D eigenvalue weighted by Crippen LogP contribution is 2.17. The molecule has 0 aromatic heterocycles. The third kappa shape index (κ3) is 3.02. The lowest BCUT2D eigenvalue weighted by atomic mass is 10.1. The van der Waals surface area contributed by atoms with Gasteiger partial charge < -0.3 is 10.1 Å². The Hall–Kier alpha value is -1.42. The van der Waals surface area contributed by atoms with Gasteiger partial charge in [0.1, 0.15) is 11.6 Å². The van der Waals surface area contributed by atoms with Gasteiger partial charge in [0, 0.05) is 19.0 Å². The zero-order valence-electron chi connectivity index (χ0n) is 8.84. The minimum absolute atomic E-state index is 0.117. The van der Waals surface area contributed by atoms with Crippen LogP contribution < -0.4 is 10.1 Å². The van der Waals surface area contributed by atoms with Crippen LogP contribution in [0.5, 0.6) is 5.75 Å². The van der Waals surface area contributed by atoms with E-state index in [4.69, 9.17) is 4.74 Å². The molecule has 1 N–H and O–H groups in total. The van der Waals surface area contributed by atoms with E-state index in [0.29, 0.717) is 18.7 Å². The van der Waals surface area contributed by atoms with Crippen molar-refractivity contribution < 1.29 is 13.9 Å². The van der Waals surface area contributed by atoms with E-state index in [0.717, 1.165) is 0 Å². The summed E-state index contributed by atoms with van der Waals surface area (Å²) in [4.78, 5) is 11.5. The van der Waals surface area contributed by atoms with E-state index in [1.807, 2.05) is 0 Å². The Morgan fingerprint density at radius 1 is 1.53 bits per heavy atom. The number of Topliss-reactive ketones (excluding diaryl/α,β-unsaturated/α-hetero) is 1. The Bertz CT molecular complexity index is 352. The van der Waals surface area contributed by atoms with Crippen molar-refractivity contribution in [1.29, 1.82) is 0 Å². The molecule has 0 spiro atoms. The summed E-state index contributed by atoms with van der Waals surface area (Å²) in [5.74, 6) is -0.322. The Balaban J connectivity index is 2.81. The number of carbonyl (C=O) groups excluding carboxylic acids is 1. The van der Waals surface area contributed by atoms with Gasteiger partial charge in [-0.3, -0.25) is 4.79 Å². The third-order valence-electron chi connectivity index (χ3n) is 2.08. The van der Waals surface area contributed by atoms with E-state index >= 15 is 0 Å². The van der Waals surface area contributed by atoms with Crippen molar-refractivity contribution in [2.45, 2.75) is 6.42 Å². The van der Waals surface area contributed by atoms with E-state index in [1.54, 1.807) is 13.1 Å². The average Bonchev–Trinajstić information content (AvgIpc) is 2.25. The maximum Gasteiger partial charge on any atom is 0.167 e. The monoisotopic (exact) mass is 211 g/mol. The van der Waals surface area contributed by atoms with Crippen LogP contribution in [0.1, 0.15) is 16.8 Å². The van der Waals surface area contributed by atoms with E-state index in [1.165, 1.54) is 19.2 Å². The second-order valence-electron chi connectivity index (χ2n) is 3.12. The molecular formula is C11H14FNO2. The molecule has 0 atom stereocenters. The van der Waals surface area contributed by atoms with Crippen LogP contribution in [0.4, 0.5) is 4.39 Å². The van der Waals surface area contributed by atoms with Gasteiger partial charge in [-0.1, -0.05) is 0 Å². The van der Waals surface area contributed by atoms with Gasteiger partial charge in [0.05, 0.1) is 12.7 Å². The lowest BCUT2D eigenvalue weighted by molar-refractivity contribution is 0.0979. The fourth-order valence-electron chi connectivity index (χ4n) is 1.22. The second-order valence-corrected chi connectivity index (χ2v) is 3.12. The first-order valence-corrected chi connectivity index (χ1v) is 4.70. The van der Waals surface area contributed by atoms with Crippen LogP contribution in [0.2, 0.25) is 0 Å². The highest BCUT2D eigenvalue weighted by molar-refractivity contribution is 5.96. The number of carbonyl (C=O) groups is 1. The highest BCUT2D eigenvalue weighted by Gasteiger charge is 2.11. The van der Waals surface area contributed by atoms with Gasteiger partial charge in [-0.05, 0) is 19.2 Å². The number of hydrogen-bond donors (Lipinski definition) is 1. The standard InChI is InChI=1S/C11H14FNO2/c1-13-6-5-11(14)9-4-3-8(15-2)7-10(9)12/h3-4,7,13H,5-6H2,1-2H3. The average molecular weight is 211 g/mol. The maximum absolute atomic E-state index is 13.4. The first kappa shape index (κ1) is 11.7. The molecule has 0 bridgehead atoms. The van der Waals surface area contributed by atoms with Crippen LogP contribution in [-0.4, -0.2) is 26.5 Å². The van der Waals surface area contributed by atoms with Gasteiger partial charge in [0.2, 0.25) is 0 Å². The molecule has 15 heavy (non-hydrogen) atoms. The third-order valence-corrected chi connectivity index (χ3v) is 2.08. The fourth-order valence-corrected chi connectivity index (χ4v) is 1.22.